The molecule has 1 fully saturated rings. The molecular formula is C17H26N2O. The minimum absolute atomic E-state index is 0.0514. The zero-order valence-electron chi connectivity index (χ0n) is 12.9. The van der Waals surface area contributed by atoms with Gasteiger partial charge >= 0.3 is 0 Å². The number of rotatable bonds is 5. The molecule has 0 saturated heterocycles. The SMILES string of the molecule is CCC1(CNC(=O)c2ccc(NC)c(C)c2)CCCC1. The van der Waals surface area contributed by atoms with Crippen molar-refractivity contribution in [2.24, 2.45) is 5.41 Å². The molecule has 1 aliphatic carbocycles. The fraction of sp³-hybridized carbons (Fsp3) is 0.588. The molecule has 0 atom stereocenters. The Morgan fingerprint density at radius 3 is 2.55 bits per heavy atom. The fourth-order valence-electron chi connectivity index (χ4n) is 3.24. The Hall–Kier alpha value is -1.51. The highest BCUT2D eigenvalue weighted by atomic mass is 16.1. The molecule has 0 aromatic heterocycles. The topological polar surface area (TPSA) is 41.1 Å². The Bertz CT molecular complexity index is 476. The van der Waals surface area contributed by atoms with E-state index in [1.165, 1.54) is 25.7 Å². The van der Waals surface area contributed by atoms with Crippen molar-refractivity contribution in [2.45, 2.75) is 46.0 Å². The number of nitrogens with one attached hydrogen (secondary N) is 2. The number of carbonyl (C=O) groups is 1. The normalized spacial score (nSPS) is 16.9. The molecule has 0 bridgehead atoms. The first-order valence-electron chi connectivity index (χ1n) is 7.67. The molecule has 0 spiro atoms. The van der Waals surface area contributed by atoms with Crippen LogP contribution in [-0.4, -0.2) is 19.5 Å². The fourth-order valence-corrected chi connectivity index (χ4v) is 3.24. The van der Waals surface area contributed by atoms with Gasteiger partial charge < -0.3 is 10.6 Å². The molecule has 0 heterocycles. The van der Waals surface area contributed by atoms with Gasteiger partial charge in [-0.05, 0) is 55.4 Å². The van der Waals surface area contributed by atoms with Crippen molar-refractivity contribution in [2.75, 3.05) is 18.9 Å². The summed E-state index contributed by atoms with van der Waals surface area (Å²) in [5.41, 5.74) is 3.27. The molecule has 1 aliphatic rings. The third-order valence-corrected chi connectivity index (χ3v) is 4.80. The van der Waals surface area contributed by atoms with E-state index in [0.717, 1.165) is 29.8 Å². The molecule has 1 aromatic carbocycles. The highest BCUT2D eigenvalue weighted by Gasteiger charge is 2.32. The summed E-state index contributed by atoms with van der Waals surface area (Å²) in [5.74, 6) is 0.0514. The summed E-state index contributed by atoms with van der Waals surface area (Å²) < 4.78 is 0. The molecule has 2 rings (SSSR count). The van der Waals surface area contributed by atoms with Crippen LogP contribution in [0.15, 0.2) is 18.2 Å². The van der Waals surface area contributed by atoms with E-state index in [0.29, 0.717) is 5.41 Å². The van der Waals surface area contributed by atoms with E-state index in [1.54, 1.807) is 0 Å². The molecule has 0 unspecified atom stereocenters. The lowest BCUT2D eigenvalue weighted by molar-refractivity contribution is 0.0928. The molecule has 1 amide bonds. The number of aryl methyl sites for hydroxylation is 1. The van der Waals surface area contributed by atoms with Crippen LogP contribution < -0.4 is 10.6 Å². The highest BCUT2D eigenvalue weighted by Crippen LogP contribution is 2.40. The van der Waals surface area contributed by atoms with Crippen LogP contribution in [0.5, 0.6) is 0 Å². The van der Waals surface area contributed by atoms with Crippen molar-refractivity contribution in [3.05, 3.63) is 29.3 Å². The Morgan fingerprint density at radius 2 is 2.00 bits per heavy atom. The molecule has 1 saturated carbocycles. The number of hydrogen-bond acceptors (Lipinski definition) is 2. The van der Waals surface area contributed by atoms with E-state index in [2.05, 4.69) is 17.6 Å². The van der Waals surface area contributed by atoms with Crippen LogP contribution >= 0.6 is 0 Å². The van der Waals surface area contributed by atoms with Crippen LogP contribution in [-0.2, 0) is 0 Å². The van der Waals surface area contributed by atoms with E-state index in [9.17, 15) is 4.79 Å². The maximum absolute atomic E-state index is 12.3. The van der Waals surface area contributed by atoms with E-state index in [4.69, 9.17) is 0 Å². The molecule has 110 valence electrons. The molecule has 2 N–H and O–H groups in total. The summed E-state index contributed by atoms with van der Waals surface area (Å²) in [7, 11) is 1.90. The average molecular weight is 274 g/mol. The Labute approximate surface area is 122 Å². The van der Waals surface area contributed by atoms with Crippen LogP contribution in [0.4, 0.5) is 5.69 Å². The van der Waals surface area contributed by atoms with E-state index < -0.39 is 0 Å². The van der Waals surface area contributed by atoms with Gasteiger partial charge in [0.15, 0.2) is 0 Å². The zero-order valence-corrected chi connectivity index (χ0v) is 12.9. The average Bonchev–Trinajstić information content (AvgIpc) is 2.94. The molecule has 0 radical (unpaired) electrons. The quantitative estimate of drug-likeness (QED) is 0.859. The molecule has 3 heteroatoms. The monoisotopic (exact) mass is 274 g/mol. The number of carbonyl (C=O) groups excluding carboxylic acids is 1. The summed E-state index contributed by atoms with van der Waals surface area (Å²) in [6, 6.07) is 5.81. The van der Waals surface area contributed by atoms with Gasteiger partial charge in [-0.25, -0.2) is 0 Å². The van der Waals surface area contributed by atoms with E-state index in [1.807, 2.05) is 32.2 Å². The molecular weight excluding hydrogens is 248 g/mol. The van der Waals surface area contributed by atoms with E-state index >= 15 is 0 Å². The summed E-state index contributed by atoms with van der Waals surface area (Å²) in [4.78, 5) is 12.3. The lowest BCUT2D eigenvalue weighted by Gasteiger charge is -2.27. The predicted octanol–water partition coefficient (Wildman–Crippen LogP) is 3.74. The van der Waals surface area contributed by atoms with Gasteiger partial charge in [-0.1, -0.05) is 19.8 Å². The minimum atomic E-state index is 0.0514. The van der Waals surface area contributed by atoms with E-state index in [-0.39, 0.29) is 5.91 Å². The summed E-state index contributed by atoms with van der Waals surface area (Å²) >= 11 is 0. The Morgan fingerprint density at radius 1 is 1.30 bits per heavy atom. The van der Waals surface area contributed by atoms with Crippen molar-refractivity contribution in [3.63, 3.8) is 0 Å². The van der Waals surface area contributed by atoms with Crippen molar-refractivity contribution in [1.29, 1.82) is 0 Å². The zero-order chi connectivity index (χ0) is 14.6. The first-order chi connectivity index (χ1) is 9.60. The minimum Gasteiger partial charge on any atom is -0.388 e. The van der Waals surface area contributed by atoms with Crippen molar-refractivity contribution in [1.82, 2.24) is 5.32 Å². The Balaban J connectivity index is 1.99. The van der Waals surface area contributed by atoms with Crippen LogP contribution in [0.25, 0.3) is 0 Å². The van der Waals surface area contributed by atoms with Crippen LogP contribution in [0.2, 0.25) is 0 Å². The first kappa shape index (κ1) is 14.9. The van der Waals surface area contributed by atoms with Crippen molar-refractivity contribution in [3.8, 4) is 0 Å². The highest BCUT2D eigenvalue weighted by molar-refractivity contribution is 5.94. The summed E-state index contributed by atoms with van der Waals surface area (Å²) in [6.07, 6.45) is 6.27. The summed E-state index contributed by atoms with van der Waals surface area (Å²) in [5, 5.41) is 6.26. The van der Waals surface area contributed by atoms with Gasteiger partial charge in [-0.2, -0.15) is 0 Å². The molecule has 20 heavy (non-hydrogen) atoms. The van der Waals surface area contributed by atoms with Gasteiger partial charge in [0, 0.05) is 24.8 Å². The molecule has 3 nitrogen and oxygen atoms in total. The maximum Gasteiger partial charge on any atom is 0.251 e. The maximum atomic E-state index is 12.3. The lowest BCUT2D eigenvalue weighted by Crippen LogP contribution is -2.35. The molecule has 1 aromatic rings. The van der Waals surface area contributed by atoms with Gasteiger partial charge in [0.25, 0.3) is 5.91 Å². The van der Waals surface area contributed by atoms with Gasteiger partial charge in [0.1, 0.15) is 0 Å². The predicted molar refractivity (Wildman–Crippen MR) is 84.3 cm³/mol. The number of amides is 1. The largest absolute Gasteiger partial charge is 0.388 e. The van der Waals surface area contributed by atoms with Gasteiger partial charge in [-0.3, -0.25) is 4.79 Å². The van der Waals surface area contributed by atoms with Crippen LogP contribution in [0.3, 0.4) is 0 Å². The van der Waals surface area contributed by atoms with Gasteiger partial charge in [0.05, 0.1) is 0 Å². The van der Waals surface area contributed by atoms with Crippen LogP contribution in [0, 0.1) is 12.3 Å². The molecule has 0 aliphatic heterocycles. The second-order valence-corrected chi connectivity index (χ2v) is 6.02. The second kappa shape index (κ2) is 6.29. The third kappa shape index (κ3) is 3.14. The standard InChI is InChI=1S/C17H26N2O/c1-4-17(9-5-6-10-17)12-19-16(20)14-7-8-15(18-3)13(2)11-14/h7-8,11,18H,4-6,9-10,12H2,1-3H3,(H,19,20). The number of benzene rings is 1. The summed E-state index contributed by atoms with van der Waals surface area (Å²) in [6.45, 7) is 5.08. The lowest BCUT2D eigenvalue weighted by atomic mass is 9.83. The van der Waals surface area contributed by atoms with Crippen molar-refractivity contribution >= 4 is 11.6 Å². The first-order valence-corrected chi connectivity index (χ1v) is 7.67. The second-order valence-electron chi connectivity index (χ2n) is 6.02. The smallest absolute Gasteiger partial charge is 0.251 e. The van der Waals surface area contributed by atoms with Gasteiger partial charge in [0.2, 0.25) is 0 Å². The van der Waals surface area contributed by atoms with Crippen LogP contribution in [0.1, 0.15) is 54.9 Å². The number of anilines is 1. The van der Waals surface area contributed by atoms with Gasteiger partial charge in [-0.15, -0.1) is 0 Å². The Kier molecular flexibility index (Phi) is 4.69. The van der Waals surface area contributed by atoms with Crippen molar-refractivity contribution < 1.29 is 4.79 Å². The number of hydrogen-bond donors (Lipinski definition) is 2. The third-order valence-electron chi connectivity index (χ3n) is 4.80.